The van der Waals surface area contributed by atoms with Gasteiger partial charge in [0.2, 0.25) is 0 Å². The SMILES string of the molecule is CNc1ccc(C(=O)Nc2ccccc2C(=O)NC2CC2)cc1[N+](=O)[O-]. The van der Waals surface area contributed by atoms with Crippen LogP contribution in [0.2, 0.25) is 0 Å². The average Bonchev–Trinajstić information content (AvgIpc) is 3.45. The largest absolute Gasteiger partial charge is 0.383 e. The van der Waals surface area contributed by atoms with Crippen LogP contribution in [0.1, 0.15) is 33.6 Å². The molecule has 1 saturated carbocycles. The van der Waals surface area contributed by atoms with Crippen LogP contribution in [0.3, 0.4) is 0 Å². The molecule has 3 rings (SSSR count). The lowest BCUT2D eigenvalue weighted by atomic mass is 10.1. The molecule has 0 unspecified atom stereocenters. The molecule has 1 aliphatic rings. The Bertz CT molecular complexity index is 877. The normalized spacial score (nSPS) is 13.0. The average molecular weight is 354 g/mol. The van der Waals surface area contributed by atoms with Gasteiger partial charge in [0.05, 0.1) is 16.2 Å². The standard InChI is InChI=1S/C18H18N4O4/c1-19-15-9-6-11(10-16(15)22(25)26)17(23)21-14-5-3-2-4-13(14)18(24)20-12-7-8-12/h2-6,9-10,12,19H,7-8H2,1H3,(H,20,24)(H,21,23). The van der Waals surface area contributed by atoms with Gasteiger partial charge >= 0.3 is 0 Å². The molecule has 1 fully saturated rings. The van der Waals surface area contributed by atoms with Crippen LogP contribution in [0.15, 0.2) is 42.5 Å². The Labute approximate surface area is 149 Å². The van der Waals surface area contributed by atoms with Gasteiger partial charge in [-0.25, -0.2) is 0 Å². The molecule has 3 N–H and O–H groups in total. The first-order valence-corrected chi connectivity index (χ1v) is 8.17. The van der Waals surface area contributed by atoms with E-state index in [0.29, 0.717) is 16.9 Å². The van der Waals surface area contributed by atoms with Gasteiger partial charge in [0.1, 0.15) is 5.69 Å². The van der Waals surface area contributed by atoms with Crippen molar-refractivity contribution in [3.05, 3.63) is 63.7 Å². The van der Waals surface area contributed by atoms with E-state index in [4.69, 9.17) is 0 Å². The molecule has 26 heavy (non-hydrogen) atoms. The highest BCUT2D eigenvalue weighted by Gasteiger charge is 2.25. The Morgan fingerprint density at radius 2 is 1.81 bits per heavy atom. The Morgan fingerprint density at radius 3 is 2.46 bits per heavy atom. The fourth-order valence-electron chi connectivity index (χ4n) is 2.51. The van der Waals surface area contributed by atoms with Gasteiger partial charge in [-0.05, 0) is 37.1 Å². The zero-order valence-corrected chi connectivity index (χ0v) is 14.1. The number of amides is 2. The molecule has 0 radical (unpaired) electrons. The van der Waals surface area contributed by atoms with E-state index in [9.17, 15) is 19.7 Å². The molecule has 2 amide bonds. The Morgan fingerprint density at radius 1 is 1.08 bits per heavy atom. The maximum absolute atomic E-state index is 12.5. The second-order valence-corrected chi connectivity index (χ2v) is 5.99. The summed E-state index contributed by atoms with van der Waals surface area (Å²) in [6, 6.07) is 11.0. The van der Waals surface area contributed by atoms with Crippen LogP contribution in [-0.4, -0.2) is 29.8 Å². The summed E-state index contributed by atoms with van der Waals surface area (Å²) in [5.74, 6) is -0.776. The second-order valence-electron chi connectivity index (χ2n) is 5.99. The van der Waals surface area contributed by atoms with E-state index < -0.39 is 10.8 Å². The summed E-state index contributed by atoms with van der Waals surface area (Å²) in [5.41, 5.74) is 0.967. The highest BCUT2D eigenvalue weighted by atomic mass is 16.6. The van der Waals surface area contributed by atoms with Crippen molar-refractivity contribution < 1.29 is 14.5 Å². The minimum atomic E-state index is -0.556. The molecule has 2 aromatic rings. The van der Waals surface area contributed by atoms with E-state index in [0.717, 1.165) is 12.8 Å². The predicted octanol–water partition coefficient (Wildman–Crippen LogP) is 2.78. The van der Waals surface area contributed by atoms with Gasteiger partial charge in [-0.1, -0.05) is 12.1 Å². The van der Waals surface area contributed by atoms with Crippen molar-refractivity contribution >= 4 is 28.9 Å². The third kappa shape index (κ3) is 3.80. The zero-order chi connectivity index (χ0) is 18.7. The lowest BCUT2D eigenvalue weighted by molar-refractivity contribution is -0.384. The maximum atomic E-state index is 12.5. The Kier molecular flexibility index (Phi) is 4.83. The van der Waals surface area contributed by atoms with Gasteiger partial charge in [-0.3, -0.25) is 19.7 Å². The molecule has 8 heteroatoms. The van der Waals surface area contributed by atoms with E-state index in [-0.39, 0.29) is 23.2 Å². The number of hydrogen-bond acceptors (Lipinski definition) is 5. The highest BCUT2D eigenvalue weighted by Crippen LogP contribution is 2.26. The quantitative estimate of drug-likeness (QED) is 0.545. The number of nitrogens with one attached hydrogen (secondary N) is 3. The molecule has 0 aromatic heterocycles. The molecule has 8 nitrogen and oxygen atoms in total. The fraction of sp³-hybridized carbons (Fsp3) is 0.222. The van der Waals surface area contributed by atoms with Crippen molar-refractivity contribution in [2.24, 2.45) is 0 Å². The molecule has 134 valence electrons. The minimum Gasteiger partial charge on any atom is -0.383 e. The van der Waals surface area contributed by atoms with Crippen molar-refractivity contribution in [2.75, 3.05) is 17.7 Å². The van der Waals surface area contributed by atoms with Crippen molar-refractivity contribution in [3.63, 3.8) is 0 Å². The van der Waals surface area contributed by atoms with Crippen LogP contribution < -0.4 is 16.0 Å². The van der Waals surface area contributed by atoms with Gasteiger partial charge < -0.3 is 16.0 Å². The summed E-state index contributed by atoms with van der Waals surface area (Å²) in [6.07, 6.45) is 1.92. The molecule has 0 atom stereocenters. The van der Waals surface area contributed by atoms with E-state index in [1.165, 1.54) is 18.2 Å². The molecular formula is C18H18N4O4. The lowest BCUT2D eigenvalue weighted by Gasteiger charge is -2.11. The van der Waals surface area contributed by atoms with Gasteiger partial charge in [0.25, 0.3) is 17.5 Å². The first-order valence-electron chi connectivity index (χ1n) is 8.17. The fourth-order valence-corrected chi connectivity index (χ4v) is 2.51. The summed E-state index contributed by atoms with van der Waals surface area (Å²) in [4.78, 5) is 35.4. The second kappa shape index (κ2) is 7.22. The van der Waals surface area contributed by atoms with Crippen LogP contribution in [0.4, 0.5) is 17.1 Å². The number of nitro groups is 1. The number of benzene rings is 2. The molecule has 2 aromatic carbocycles. The lowest BCUT2D eigenvalue weighted by Crippen LogP contribution is -2.27. The predicted molar refractivity (Wildman–Crippen MR) is 97.5 cm³/mol. The summed E-state index contributed by atoms with van der Waals surface area (Å²) >= 11 is 0. The van der Waals surface area contributed by atoms with Crippen molar-refractivity contribution in [3.8, 4) is 0 Å². The van der Waals surface area contributed by atoms with Crippen molar-refractivity contribution in [2.45, 2.75) is 18.9 Å². The number of anilines is 2. The summed E-state index contributed by atoms with van der Waals surface area (Å²) < 4.78 is 0. The smallest absolute Gasteiger partial charge is 0.293 e. The number of para-hydroxylation sites is 1. The monoisotopic (exact) mass is 354 g/mol. The van der Waals surface area contributed by atoms with Crippen LogP contribution in [0, 0.1) is 10.1 Å². The number of rotatable bonds is 6. The van der Waals surface area contributed by atoms with E-state index in [2.05, 4.69) is 16.0 Å². The van der Waals surface area contributed by atoms with E-state index in [1.807, 2.05) is 0 Å². The summed E-state index contributed by atoms with van der Waals surface area (Å²) in [6.45, 7) is 0. The first-order chi connectivity index (χ1) is 12.5. The molecule has 0 saturated heterocycles. The van der Waals surface area contributed by atoms with Crippen LogP contribution in [-0.2, 0) is 0 Å². The van der Waals surface area contributed by atoms with Gasteiger partial charge in [0, 0.05) is 24.7 Å². The van der Waals surface area contributed by atoms with Crippen LogP contribution >= 0.6 is 0 Å². The molecular weight excluding hydrogens is 336 g/mol. The number of nitro benzene ring substituents is 1. The van der Waals surface area contributed by atoms with Crippen LogP contribution in [0.5, 0.6) is 0 Å². The van der Waals surface area contributed by atoms with E-state index >= 15 is 0 Å². The third-order valence-electron chi connectivity index (χ3n) is 4.06. The highest BCUT2D eigenvalue weighted by molar-refractivity contribution is 6.09. The number of carbonyl (C=O) groups excluding carboxylic acids is 2. The van der Waals surface area contributed by atoms with Crippen molar-refractivity contribution in [1.29, 1.82) is 0 Å². The Balaban J connectivity index is 1.83. The molecule has 0 spiro atoms. The van der Waals surface area contributed by atoms with Gasteiger partial charge in [0.15, 0.2) is 0 Å². The van der Waals surface area contributed by atoms with Gasteiger partial charge in [-0.15, -0.1) is 0 Å². The number of carbonyl (C=O) groups is 2. The van der Waals surface area contributed by atoms with Crippen molar-refractivity contribution in [1.82, 2.24) is 5.32 Å². The molecule has 1 aliphatic carbocycles. The topological polar surface area (TPSA) is 113 Å². The first kappa shape index (κ1) is 17.4. The summed E-state index contributed by atoms with van der Waals surface area (Å²) in [5, 5.41) is 19.4. The summed E-state index contributed by atoms with van der Waals surface area (Å²) in [7, 11) is 1.57. The maximum Gasteiger partial charge on any atom is 0.293 e. The number of hydrogen-bond donors (Lipinski definition) is 3. The zero-order valence-electron chi connectivity index (χ0n) is 14.1. The molecule has 0 heterocycles. The molecule has 0 bridgehead atoms. The number of nitrogens with zero attached hydrogens (tertiary/aromatic N) is 1. The van der Waals surface area contributed by atoms with E-state index in [1.54, 1.807) is 31.3 Å². The molecule has 0 aliphatic heterocycles. The van der Waals surface area contributed by atoms with Gasteiger partial charge in [-0.2, -0.15) is 0 Å². The third-order valence-corrected chi connectivity index (χ3v) is 4.06. The Hall–Kier alpha value is -3.42. The van der Waals surface area contributed by atoms with Crippen LogP contribution in [0.25, 0.3) is 0 Å². The minimum absolute atomic E-state index is 0.133.